The number of allylic oxidation sites excluding steroid dienone is 3. The molecule has 0 aliphatic heterocycles. The van der Waals surface area contributed by atoms with Crippen molar-refractivity contribution in [1.82, 2.24) is 4.90 Å². The van der Waals surface area contributed by atoms with Crippen LogP contribution in [0.15, 0.2) is 23.4 Å². The van der Waals surface area contributed by atoms with E-state index in [9.17, 15) is 0 Å². The van der Waals surface area contributed by atoms with E-state index < -0.39 is 0 Å². The van der Waals surface area contributed by atoms with Crippen molar-refractivity contribution in [2.75, 3.05) is 14.1 Å². The molecule has 0 aliphatic rings. The summed E-state index contributed by atoms with van der Waals surface area (Å²) >= 11 is 0. The molecule has 60 valence electrons. The summed E-state index contributed by atoms with van der Waals surface area (Å²) in [6.07, 6.45) is 3.66. The first kappa shape index (κ1) is 9.77. The van der Waals surface area contributed by atoms with Crippen molar-refractivity contribution in [1.29, 1.82) is 5.26 Å². The monoisotopic (exact) mass is 150 g/mol. The summed E-state index contributed by atoms with van der Waals surface area (Å²) in [6.45, 7) is 3.95. The second-order valence-electron chi connectivity index (χ2n) is 2.88. The molecule has 0 atom stereocenters. The maximum atomic E-state index is 8.63. The third-order valence-electron chi connectivity index (χ3n) is 0.971. The van der Waals surface area contributed by atoms with Crippen molar-refractivity contribution in [2.24, 2.45) is 0 Å². The average molecular weight is 150 g/mol. The molecule has 0 spiro atoms. The fourth-order valence-electron chi connectivity index (χ4n) is 0.688. The molecule has 0 rings (SSSR count). The summed E-state index contributed by atoms with van der Waals surface area (Å²) in [5.74, 6) is 0. The molecule has 0 saturated carbocycles. The van der Waals surface area contributed by atoms with Gasteiger partial charge in [0.05, 0.1) is 5.57 Å². The van der Waals surface area contributed by atoms with Gasteiger partial charge >= 0.3 is 0 Å². The van der Waals surface area contributed by atoms with Gasteiger partial charge in [-0.05, 0) is 19.9 Å². The summed E-state index contributed by atoms with van der Waals surface area (Å²) in [5.41, 5.74) is 1.83. The number of rotatable bonds is 2. The van der Waals surface area contributed by atoms with Gasteiger partial charge in [0.1, 0.15) is 6.07 Å². The Balaban J connectivity index is 4.45. The van der Waals surface area contributed by atoms with Gasteiger partial charge in [-0.2, -0.15) is 5.26 Å². The van der Waals surface area contributed by atoms with E-state index in [1.165, 1.54) is 0 Å². The molecule has 0 amide bonds. The zero-order valence-electron chi connectivity index (χ0n) is 7.55. The Labute approximate surface area is 68.4 Å². The topological polar surface area (TPSA) is 27.0 Å². The van der Waals surface area contributed by atoms with Gasteiger partial charge in [-0.25, -0.2) is 0 Å². The Bertz CT molecular complexity index is 212. The standard InChI is InChI=1S/C9H14N2/c1-8(2)5-9(6-10)7-11(3)4/h5,7H,1-4H3/b9-7-. The molecule has 0 aliphatic carbocycles. The molecule has 2 nitrogen and oxygen atoms in total. The van der Waals surface area contributed by atoms with Crippen LogP contribution in [-0.4, -0.2) is 19.0 Å². The lowest BCUT2D eigenvalue weighted by atomic mass is 10.2. The van der Waals surface area contributed by atoms with Crippen LogP contribution in [0.2, 0.25) is 0 Å². The third kappa shape index (κ3) is 5.23. The molecule has 0 radical (unpaired) electrons. The predicted molar refractivity (Wildman–Crippen MR) is 46.8 cm³/mol. The summed E-state index contributed by atoms with van der Waals surface area (Å²) < 4.78 is 0. The fourth-order valence-corrected chi connectivity index (χ4v) is 0.688. The number of hydrogen-bond donors (Lipinski definition) is 0. The Morgan fingerprint density at radius 3 is 2.18 bits per heavy atom. The number of hydrogen-bond acceptors (Lipinski definition) is 2. The number of nitrogens with zero attached hydrogens (tertiary/aromatic N) is 2. The van der Waals surface area contributed by atoms with E-state index in [4.69, 9.17) is 5.26 Å². The molecule has 0 N–H and O–H groups in total. The smallest absolute Gasteiger partial charge is 0.101 e. The average Bonchev–Trinajstić information content (AvgIpc) is 1.84. The van der Waals surface area contributed by atoms with Crippen molar-refractivity contribution in [3.05, 3.63) is 23.4 Å². The van der Waals surface area contributed by atoms with Crippen LogP contribution in [-0.2, 0) is 0 Å². The van der Waals surface area contributed by atoms with Gasteiger partial charge in [0, 0.05) is 20.3 Å². The van der Waals surface area contributed by atoms with Crippen LogP contribution < -0.4 is 0 Å². The molecule has 0 bridgehead atoms. The highest BCUT2D eigenvalue weighted by atomic mass is 15.0. The molecule has 0 aromatic rings. The van der Waals surface area contributed by atoms with E-state index in [2.05, 4.69) is 6.07 Å². The normalized spacial score (nSPS) is 10.3. The molecule has 0 aromatic carbocycles. The maximum Gasteiger partial charge on any atom is 0.101 e. The summed E-state index contributed by atoms with van der Waals surface area (Å²) in [4.78, 5) is 1.86. The third-order valence-corrected chi connectivity index (χ3v) is 0.971. The minimum atomic E-state index is 0.690. The van der Waals surface area contributed by atoms with E-state index in [0.717, 1.165) is 5.57 Å². The molecule has 0 heterocycles. The lowest BCUT2D eigenvalue weighted by Gasteiger charge is -2.03. The Morgan fingerprint density at radius 2 is 1.91 bits per heavy atom. The first-order valence-corrected chi connectivity index (χ1v) is 3.49. The molecule has 0 unspecified atom stereocenters. The Kier molecular flexibility index (Phi) is 4.05. The molecule has 0 fully saturated rings. The Hall–Kier alpha value is -1.23. The first-order valence-electron chi connectivity index (χ1n) is 3.49. The molecular weight excluding hydrogens is 136 g/mol. The summed E-state index contributed by atoms with van der Waals surface area (Å²) in [6, 6.07) is 2.11. The van der Waals surface area contributed by atoms with E-state index in [-0.39, 0.29) is 0 Å². The minimum Gasteiger partial charge on any atom is -0.382 e. The molecule has 2 heteroatoms. The van der Waals surface area contributed by atoms with E-state index in [1.54, 1.807) is 6.20 Å². The van der Waals surface area contributed by atoms with Gasteiger partial charge in [-0.3, -0.25) is 0 Å². The van der Waals surface area contributed by atoms with Gasteiger partial charge in [0.25, 0.3) is 0 Å². The van der Waals surface area contributed by atoms with Crippen molar-refractivity contribution >= 4 is 0 Å². The maximum absolute atomic E-state index is 8.63. The number of nitriles is 1. The van der Waals surface area contributed by atoms with Crippen LogP contribution in [0, 0.1) is 11.3 Å². The van der Waals surface area contributed by atoms with E-state index in [0.29, 0.717) is 5.57 Å². The van der Waals surface area contributed by atoms with Crippen LogP contribution in [0.1, 0.15) is 13.8 Å². The van der Waals surface area contributed by atoms with Crippen LogP contribution in [0.3, 0.4) is 0 Å². The van der Waals surface area contributed by atoms with Gasteiger partial charge in [0.15, 0.2) is 0 Å². The molecule has 11 heavy (non-hydrogen) atoms. The van der Waals surface area contributed by atoms with Gasteiger partial charge in [-0.15, -0.1) is 0 Å². The summed E-state index contributed by atoms with van der Waals surface area (Å²) in [7, 11) is 3.80. The molecular formula is C9H14N2. The second kappa shape index (κ2) is 4.56. The predicted octanol–water partition coefficient (Wildman–Crippen LogP) is 1.92. The molecule has 0 saturated heterocycles. The lowest BCUT2D eigenvalue weighted by Crippen LogP contribution is -2.01. The zero-order chi connectivity index (χ0) is 8.85. The van der Waals surface area contributed by atoms with Crippen molar-refractivity contribution < 1.29 is 0 Å². The quantitative estimate of drug-likeness (QED) is 0.444. The van der Waals surface area contributed by atoms with E-state index in [1.807, 2.05) is 38.9 Å². The van der Waals surface area contributed by atoms with Crippen molar-refractivity contribution in [2.45, 2.75) is 13.8 Å². The largest absolute Gasteiger partial charge is 0.382 e. The highest BCUT2D eigenvalue weighted by Crippen LogP contribution is 2.00. The summed E-state index contributed by atoms with van der Waals surface area (Å²) in [5, 5.41) is 8.63. The van der Waals surface area contributed by atoms with Crippen molar-refractivity contribution in [3.8, 4) is 6.07 Å². The van der Waals surface area contributed by atoms with Gasteiger partial charge in [0.2, 0.25) is 0 Å². The Morgan fingerprint density at radius 1 is 1.36 bits per heavy atom. The zero-order valence-corrected chi connectivity index (χ0v) is 7.55. The highest BCUT2D eigenvalue weighted by molar-refractivity contribution is 5.33. The van der Waals surface area contributed by atoms with Crippen LogP contribution in [0.5, 0.6) is 0 Å². The molecule has 0 aromatic heterocycles. The fraction of sp³-hybridized carbons (Fsp3) is 0.444. The van der Waals surface area contributed by atoms with Gasteiger partial charge < -0.3 is 4.90 Å². The highest BCUT2D eigenvalue weighted by Gasteiger charge is 1.89. The van der Waals surface area contributed by atoms with Gasteiger partial charge in [-0.1, -0.05) is 5.57 Å². The van der Waals surface area contributed by atoms with Crippen LogP contribution >= 0.6 is 0 Å². The van der Waals surface area contributed by atoms with E-state index >= 15 is 0 Å². The minimum absolute atomic E-state index is 0.690. The lowest BCUT2D eigenvalue weighted by molar-refractivity contribution is 0.561. The van der Waals surface area contributed by atoms with Crippen molar-refractivity contribution in [3.63, 3.8) is 0 Å². The SMILES string of the molecule is CC(C)=C/C(C#N)=C/N(C)C. The first-order chi connectivity index (χ1) is 5.06. The van der Waals surface area contributed by atoms with Crippen LogP contribution in [0.25, 0.3) is 0 Å². The second-order valence-corrected chi connectivity index (χ2v) is 2.88. The van der Waals surface area contributed by atoms with Crippen LogP contribution in [0.4, 0.5) is 0 Å².